The summed E-state index contributed by atoms with van der Waals surface area (Å²) in [5, 5.41) is 2.21. The van der Waals surface area contributed by atoms with Crippen LogP contribution < -0.4 is 5.32 Å². The maximum Gasteiger partial charge on any atom is 0.240 e. The second-order valence-corrected chi connectivity index (χ2v) is 7.91. The maximum absolute atomic E-state index is 11.9. The van der Waals surface area contributed by atoms with Crippen LogP contribution in [-0.4, -0.2) is 70.4 Å². The number of amides is 2. The fraction of sp³-hybridized carbons (Fsp3) is 0.619. The Morgan fingerprint density at radius 1 is 1.00 bits per heavy atom. The van der Waals surface area contributed by atoms with Gasteiger partial charge in [0.2, 0.25) is 11.8 Å². The average Bonchev–Trinajstić information content (AvgIpc) is 2.71. The van der Waals surface area contributed by atoms with E-state index in [1.54, 1.807) is 7.11 Å². The van der Waals surface area contributed by atoms with E-state index in [9.17, 15) is 9.59 Å². The SMILES string of the molecule is COCCOCCOCCOCCCc1cccc(SC2CCC(=O)NC2=O)c1. The molecule has 1 aromatic carbocycles. The number of aryl methyl sites for hydroxylation is 1. The molecule has 1 N–H and O–H groups in total. The number of ether oxygens (including phenoxy) is 4. The monoisotopic (exact) mass is 425 g/mol. The first kappa shape index (κ1) is 23.8. The zero-order valence-corrected chi connectivity index (χ0v) is 17.8. The molecule has 8 heteroatoms. The minimum absolute atomic E-state index is 0.179. The number of nitrogens with one attached hydrogen (secondary N) is 1. The summed E-state index contributed by atoms with van der Waals surface area (Å²) in [5.41, 5.74) is 1.22. The number of rotatable bonds is 15. The van der Waals surface area contributed by atoms with Crippen molar-refractivity contribution in [3.05, 3.63) is 29.8 Å². The Bertz CT molecular complexity index is 627. The minimum Gasteiger partial charge on any atom is -0.382 e. The molecule has 1 aliphatic heterocycles. The molecule has 0 aromatic heterocycles. The van der Waals surface area contributed by atoms with E-state index in [1.165, 1.54) is 17.3 Å². The van der Waals surface area contributed by atoms with Gasteiger partial charge in [-0.3, -0.25) is 14.9 Å². The van der Waals surface area contributed by atoms with Gasteiger partial charge in [0.1, 0.15) is 0 Å². The van der Waals surface area contributed by atoms with Crippen molar-refractivity contribution in [3.8, 4) is 0 Å². The molecule has 29 heavy (non-hydrogen) atoms. The Kier molecular flexibility index (Phi) is 11.9. The Morgan fingerprint density at radius 3 is 2.38 bits per heavy atom. The summed E-state index contributed by atoms with van der Waals surface area (Å²) in [4.78, 5) is 24.2. The smallest absolute Gasteiger partial charge is 0.240 e. The van der Waals surface area contributed by atoms with Gasteiger partial charge in [-0.25, -0.2) is 0 Å². The van der Waals surface area contributed by atoms with Crippen LogP contribution in [0.1, 0.15) is 24.8 Å². The van der Waals surface area contributed by atoms with Crippen LogP contribution in [0.2, 0.25) is 0 Å². The van der Waals surface area contributed by atoms with Crippen molar-refractivity contribution in [1.82, 2.24) is 5.32 Å². The van der Waals surface area contributed by atoms with Gasteiger partial charge in [-0.05, 0) is 37.0 Å². The highest BCUT2D eigenvalue weighted by atomic mass is 32.2. The van der Waals surface area contributed by atoms with E-state index in [-0.39, 0.29) is 17.1 Å². The van der Waals surface area contributed by atoms with Crippen molar-refractivity contribution >= 4 is 23.6 Å². The van der Waals surface area contributed by atoms with Crippen LogP contribution in [0.15, 0.2) is 29.2 Å². The maximum atomic E-state index is 11.9. The summed E-state index contributed by atoms with van der Waals surface area (Å²) >= 11 is 1.52. The lowest BCUT2D eigenvalue weighted by atomic mass is 10.1. The number of hydrogen-bond donors (Lipinski definition) is 1. The molecule has 0 saturated carbocycles. The predicted octanol–water partition coefficient (Wildman–Crippen LogP) is 2.21. The fourth-order valence-corrected chi connectivity index (χ4v) is 3.89. The van der Waals surface area contributed by atoms with Gasteiger partial charge in [-0.1, -0.05) is 12.1 Å². The van der Waals surface area contributed by atoms with Crippen LogP contribution >= 0.6 is 11.8 Å². The number of carbonyl (C=O) groups excluding carboxylic acids is 2. The second-order valence-electron chi connectivity index (χ2n) is 6.64. The van der Waals surface area contributed by atoms with Gasteiger partial charge in [0.25, 0.3) is 0 Å². The third kappa shape index (κ3) is 10.2. The van der Waals surface area contributed by atoms with Crippen LogP contribution in [0, 0.1) is 0 Å². The van der Waals surface area contributed by atoms with Crippen LogP contribution in [0.3, 0.4) is 0 Å². The largest absolute Gasteiger partial charge is 0.382 e. The van der Waals surface area contributed by atoms with Gasteiger partial charge in [0, 0.05) is 25.0 Å². The van der Waals surface area contributed by atoms with E-state index >= 15 is 0 Å². The molecule has 1 aromatic rings. The van der Waals surface area contributed by atoms with Gasteiger partial charge in [0.05, 0.1) is 44.9 Å². The van der Waals surface area contributed by atoms with Crippen molar-refractivity contribution in [1.29, 1.82) is 0 Å². The van der Waals surface area contributed by atoms with E-state index in [0.717, 1.165) is 17.7 Å². The molecular weight excluding hydrogens is 394 g/mol. The molecule has 1 atom stereocenters. The number of thioether (sulfide) groups is 1. The second kappa shape index (κ2) is 14.5. The molecule has 1 aliphatic rings. The number of methoxy groups -OCH3 is 1. The molecule has 1 fully saturated rings. The average molecular weight is 426 g/mol. The highest BCUT2D eigenvalue weighted by molar-refractivity contribution is 8.00. The highest BCUT2D eigenvalue weighted by Gasteiger charge is 2.27. The molecule has 0 bridgehead atoms. The molecule has 7 nitrogen and oxygen atoms in total. The van der Waals surface area contributed by atoms with Crippen LogP contribution in [-0.2, 0) is 35.0 Å². The van der Waals surface area contributed by atoms with Crippen molar-refractivity contribution in [2.24, 2.45) is 0 Å². The number of carbonyl (C=O) groups is 2. The molecule has 0 spiro atoms. The summed E-state index contributed by atoms with van der Waals surface area (Å²) in [6, 6.07) is 8.21. The van der Waals surface area contributed by atoms with Crippen molar-refractivity contribution in [2.45, 2.75) is 35.8 Å². The summed E-state index contributed by atoms with van der Waals surface area (Å²) in [6.07, 6.45) is 2.84. The van der Waals surface area contributed by atoms with Gasteiger partial charge in [-0.15, -0.1) is 11.8 Å². The Morgan fingerprint density at radius 2 is 1.69 bits per heavy atom. The zero-order chi connectivity index (χ0) is 20.7. The first-order valence-corrected chi connectivity index (χ1v) is 10.9. The first-order chi connectivity index (χ1) is 14.2. The minimum atomic E-state index is -0.198. The zero-order valence-electron chi connectivity index (χ0n) is 17.0. The quantitative estimate of drug-likeness (QED) is 0.341. The molecular formula is C21H31NO6S. The normalized spacial score (nSPS) is 16.8. The lowest BCUT2D eigenvalue weighted by Gasteiger charge is -2.20. The number of hydrogen-bond acceptors (Lipinski definition) is 7. The first-order valence-electron chi connectivity index (χ1n) is 10.0. The molecule has 1 unspecified atom stereocenters. The standard InChI is InChI=1S/C21H31NO6S/c1-25-10-11-27-14-15-28-13-12-26-9-3-5-17-4-2-6-18(16-17)29-19-7-8-20(23)22-21(19)24/h2,4,6,16,19H,3,5,7-15H2,1H3,(H,22,23,24). The van der Waals surface area contributed by atoms with Gasteiger partial charge in [0.15, 0.2) is 0 Å². The van der Waals surface area contributed by atoms with Crippen LogP contribution in [0.4, 0.5) is 0 Å². The van der Waals surface area contributed by atoms with Crippen molar-refractivity contribution < 1.29 is 28.5 Å². The predicted molar refractivity (Wildman–Crippen MR) is 111 cm³/mol. The van der Waals surface area contributed by atoms with E-state index < -0.39 is 0 Å². The summed E-state index contributed by atoms with van der Waals surface area (Å²) in [5.74, 6) is -0.366. The lowest BCUT2D eigenvalue weighted by Crippen LogP contribution is -2.42. The summed E-state index contributed by atoms with van der Waals surface area (Å²) in [7, 11) is 1.65. The van der Waals surface area contributed by atoms with Crippen LogP contribution in [0.25, 0.3) is 0 Å². The van der Waals surface area contributed by atoms with Crippen molar-refractivity contribution in [3.63, 3.8) is 0 Å². The Hall–Kier alpha value is -1.45. The summed E-state index contributed by atoms with van der Waals surface area (Å²) in [6.45, 7) is 4.12. The molecule has 1 heterocycles. The number of benzene rings is 1. The molecule has 2 amide bonds. The Labute approximate surface area is 176 Å². The molecule has 0 radical (unpaired) electrons. The van der Waals surface area contributed by atoms with Crippen LogP contribution in [0.5, 0.6) is 0 Å². The van der Waals surface area contributed by atoms with Gasteiger partial charge >= 0.3 is 0 Å². The third-order valence-electron chi connectivity index (χ3n) is 4.30. The fourth-order valence-electron chi connectivity index (χ4n) is 2.79. The topological polar surface area (TPSA) is 83.1 Å². The highest BCUT2D eigenvalue weighted by Crippen LogP contribution is 2.29. The third-order valence-corrected chi connectivity index (χ3v) is 5.56. The number of piperidine rings is 1. The van der Waals surface area contributed by atoms with Gasteiger partial charge < -0.3 is 18.9 Å². The van der Waals surface area contributed by atoms with E-state index in [1.807, 2.05) is 12.1 Å². The van der Waals surface area contributed by atoms with E-state index in [2.05, 4.69) is 17.4 Å². The van der Waals surface area contributed by atoms with E-state index in [4.69, 9.17) is 18.9 Å². The summed E-state index contributed by atoms with van der Waals surface area (Å²) < 4.78 is 21.2. The molecule has 162 valence electrons. The molecule has 1 saturated heterocycles. The van der Waals surface area contributed by atoms with E-state index in [0.29, 0.717) is 59.1 Å². The van der Waals surface area contributed by atoms with Gasteiger partial charge in [-0.2, -0.15) is 0 Å². The molecule has 2 rings (SSSR count). The van der Waals surface area contributed by atoms with Crippen molar-refractivity contribution in [2.75, 3.05) is 53.4 Å². The molecule has 0 aliphatic carbocycles. The number of imide groups is 1. The lowest BCUT2D eigenvalue weighted by molar-refractivity contribution is -0.132. The Balaban J connectivity index is 1.53.